The number of carbonyl (C=O) groups is 1. The quantitative estimate of drug-likeness (QED) is 0.758. The van der Waals surface area contributed by atoms with Gasteiger partial charge < -0.3 is 15.4 Å². The monoisotopic (exact) mass is 212 g/mol. The molecule has 1 heterocycles. The normalized spacial score (nSPS) is 23.5. The van der Waals surface area contributed by atoms with Crippen molar-refractivity contribution in [3.8, 4) is 0 Å². The predicted octanol–water partition coefficient (Wildman–Crippen LogP) is 1.06. The van der Waals surface area contributed by atoms with Crippen molar-refractivity contribution < 1.29 is 9.53 Å². The Labute approximate surface area is 90.8 Å². The number of nitrogens with two attached hydrogens (primary N) is 1. The summed E-state index contributed by atoms with van der Waals surface area (Å²) in [6, 6.07) is 0. The number of hydrogen-bond acceptors (Lipinski definition) is 3. The molecule has 2 fully saturated rings. The van der Waals surface area contributed by atoms with Crippen molar-refractivity contribution in [1.82, 2.24) is 4.90 Å². The van der Waals surface area contributed by atoms with Gasteiger partial charge >= 0.3 is 6.09 Å². The first kappa shape index (κ1) is 10.7. The number of amides is 1. The van der Waals surface area contributed by atoms with Crippen LogP contribution in [0, 0.1) is 17.8 Å². The highest BCUT2D eigenvalue weighted by Crippen LogP contribution is 2.44. The van der Waals surface area contributed by atoms with Gasteiger partial charge in [0.25, 0.3) is 0 Å². The molecule has 0 bridgehead atoms. The SMILES string of the molecule is COC(=O)N1CC(C(CCN)C2CC2)C1. The van der Waals surface area contributed by atoms with Gasteiger partial charge in [-0.2, -0.15) is 0 Å². The Kier molecular flexibility index (Phi) is 3.14. The number of nitrogens with zero attached hydrogens (tertiary/aromatic N) is 1. The number of rotatable bonds is 4. The van der Waals surface area contributed by atoms with E-state index in [1.54, 1.807) is 4.90 Å². The first-order valence-electron chi connectivity index (χ1n) is 5.79. The van der Waals surface area contributed by atoms with E-state index in [0.717, 1.165) is 37.9 Å². The van der Waals surface area contributed by atoms with Crippen LogP contribution in [0.2, 0.25) is 0 Å². The average molecular weight is 212 g/mol. The van der Waals surface area contributed by atoms with Crippen molar-refractivity contribution in [2.45, 2.75) is 19.3 Å². The van der Waals surface area contributed by atoms with E-state index < -0.39 is 0 Å². The van der Waals surface area contributed by atoms with Gasteiger partial charge in [-0.05, 0) is 43.6 Å². The summed E-state index contributed by atoms with van der Waals surface area (Å²) in [6.07, 6.45) is 3.65. The fourth-order valence-corrected chi connectivity index (χ4v) is 2.63. The molecule has 2 aliphatic rings. The van der Waals surface area contributed by atoms with Crippen molar-refractivity contribution in [1.29, 1.82) is 0 Å². The highest BCUT2D eigenvalue weighted by molar-refractivity contribution is 5.68. The lowest BCUT2D eigenvalue weighted by Gasteiger charge is -2.42. The third-order valence-electron chi connectivity index (χ3n) is 3.68. The number of likely N-dealkylation sites (tertiary alicyclic amines) is 1. The number of methoxy groups -OCH3 is 1. The molecule has 1 saturated carbocycles. The van der Waals surface area contributed by atoms with Crippen LogP contribution in [0.25, 0.3) is 0 Å². The van der Waals surface area contributed by atoms with Gasteiger partial charge in [0.1, 0.15) is 0 Å². The Morgan fingerprint density at radius 1 is 1.47 bits per heavy atom. The van der Waals surface area contributed by atoms with Gasteiger partial charge in [-0.25, -0.2) is 4.79 Å². The Morgan fingerprint density at radius 3 is 2.60 bits per heavy atom. The molecule has 1 saturated heterocycles. The van der Waals surface area contributed by atoms with E-state index in [1.165, 1.54) is 20.0 Å². The number of carbonyl (C=O) groups excluding carboxylic acids is 1. The molecule has 4 nitrogen and oxygen atoms in total. The number of ether oxygens (including phenoxy) is 1. The van der Waals surface area contributed by atoms with Crippen LogP contribution < -0.4 is 5.73 Å². The fourth-order valence-electron chi connectivity index (χ4n) is 2.63. The topological polar surface area (TPSA) is 55.6 Å². The van der Waals surface area contributed by atoms with Crippen LogP contribution in [0.5, 0.6) is 0 Å². The van der Waals surface area contributed by atoms with E-state index in [1.807, 2.05) is 0 Å². The number of hydrogen-bond donors (Lipinski definition) is 1. The van der Waals surface area contributed by atoms with Crippen LogP contribution in [-0.4, -0.2) is 37.7 Å². The van der Waals surface area contributed by atoms with Gasteiger partial charge in [0.05, 0.1) is 7.11 Å². The summed E-state index contributed by atoms with van der Waals surface area (Å²) in [5, 5.41) is 0. The Morgan fingerprint density at radius 2 is 2.13 bits per heavy atom. The second-order valence-electron chi connectivity index (χ2n) is 4.71. The summed E-state index contributed by atoms with van der Waals surface area (Å²) in [7, 11) is 1.44. The molecule has 86 valence electrons. The molecule has 2 rings (SSSR count). The first-order valence-corrected chi connectivity index (χ1v) is 5.79. The summed E-state index contributed by atoms with van der Waals surface area (Å²) in [4.78, 5) is 13.0. The first-order chi connectivity index (χ1) is 7.26. The van der Waals surface area contributed by atoms with Crippen molar-refractivity contribution in [3.63, 3.8) is 0 Å². The molecule has 1 atom stereocenters. The van der Waals surface area contributed by atoms with E-state index in [-0.39, 0.29) is 6.09 Å². The van der Waals surface area contributed by atoms with Crippen LogP contribution in [0.4, 0.5) is 4.79 Å². The second-order valence-corrected chi connectivity index (χ2v) is 4.71. The maximum absolute atomic E-state index is 11.2. The summed E-state index contributed by atoms with van der Waals surface area (Å²) in [6.45, 7) is 2.51. The molecule has 0 aromatic rings. The minimum atomic E-state index is -0.187. The van der Waals surface area contributed by atoms with Crippen LogP contribution in [0.15, 0.2) is 0 Å². The Hall–Kier alpha value is -0.770. The molecule has 1 unspecified atom stereocenters. The minimum absolute atomic E-state index is 0.187. The summed E-state index contributed by atoms with van der Waals surface area (Å²) < 4.78 is 4.68. The van der Waals surface area contributed by atoms with Crippen LogP contribution in [0.3, 0.4) is 0 Å². The van der Waals surface area contributed by atoms with Gasteiger partial charge in [-0.3, -0.25) is 0 Å². The Balaban J connectivity index is 1.78. The zero-order valence-corrected chi connectivity index (χ0v) is 9.32. The van der Waals surface area contributed by atoms with Gasteiger partial charge in [0.2, 0.25) is 0 Å². The predicted molar refractivity (Wildman–Crippen MR) is 57.4 cm³/mol. The van der Waals surface area contributed by atoms with Gasteiger partial charge in [0.15, 0.2) is 0 Å². The van der Waals surface area contributed by atoms with Crippen molar-refractivity contribution in [3.05, 3.63) is 0 Å². The highest BCUT2D eigenvalue weighted by Gasteiger charge is 2.42. The average Bonchev–Trinajstić information content (AvgIpc) is 2.97. The zero-order chi connectivity index (χ0) is 10.8. The van der Waals surface area contributed by atoms with Crippen molar-refractivity contribution in [2.24, 2.45) is 23.5 Å². The maximum atomic E-state index is 11.2. The van der Waals surface area contributed by atoms with Gasteiger partial charge in [-0.1, -0.05) is 0 Å². The lowest BCUT2D eigenvalue weighted by Crippen LogP contribution is -2.53. The molecule has 1 aliphatic heterocycles. The standard InChI is InChI=1S/C11H20N2O2/c1-15-11(14)13-6-9(7-13)10(4-5-12)8-2-3-8/h8-10H,2-7,12H2,1H3. The van der Waals surface area contributed by atoms with Crippen molar-refractivity contribution >= 4 is 6.09 Å². The Bertz CT molecular complexity index is 235. The lowest BCUT2D eigenvalue weighted by atomic mass is 9.80. The molecule has 1 amide bonds. The van der Waals surface area contributed by atoms with E-state index in [2.05, 4.69) is 4.74 Å². The third-order valence-corrected chi connectivity index (χ3v) is 3.68. The maximum Gasteiger partial charge on any atom is 0.409 e. The van der Waals surface area contributed by atoms with E-state index in [9.17, 15) is 4.79 Å². The molecule has 2 N–H and O–H groups in total. The third kappa shape index (κ3) is 2.25. The largest absolute Gasteiger partial charge is 0.453 e. The van der Waals surface area contributed by atoms with Crippen LogP contribution in [0.1, 0.15) is 19.3 Å². The van der Waals surface area contributed by atoms with Gasteiger partial charge in [-0.15, -0.1) is 0 Å². The molecule has 15 heavy (non-hydrogen) atoms. The van der Waals surface area contributed by atoms with Crippen molar-refractivity contribution in [2.75, 3.05) is 26.7 Å². The summed E-state index contributed by atoms with van der Waals surface area (Å²) >= 11 is 0. The highest BCUT2D eigenvalue weighted by atomic mass is 16.5. The minimum Gasteiger partial charge on any atom is -0.453 e. The van der Waals surface area contributed by atoms with E-state index in [4.69, 9.17) is 5.73 Å². The van der Waals surface area contributed by atoms with Crippen LogP contribution >= 0.6 is 0 Å². The smallest absolute Gasteiger partial charge is 0.409 e. The van der Waals surface area contributed by atoms with Gasteiger partial charge in [0, 0.05) is 13.1 Å². The zero-order valence-electron chi connectivity index (χ0n) is 9.32. The molecule has 1 aliphatic carbocycles. The van der Waals surface area contributed by atoms with Crippen LogP contribution in [-0.2, 0) is 4.74 Å². The molecule has 0 aromatic carbocycles. The molecular weight excluding hydrogens is 192 g/mol. The molecule has 4 heteroatoms. The summed E-state index contributed by atoms with van der Waals surface area (Å²) in [5.74, 6) is 2.30. The molecule has 0 aromatic heterocycles. The van der Waals surface area contributed by atoms with E-state index in [0.29, 0.717) is 5.92 Å². The molecule has 0 radical (unpaired) electrons. The molecular formula is C11H20N2O2. The summed E-state index contributed by atoms with van der Waals surface area (Å²) in [5.41, 5.74) is 5.63. The second kappa shape index (κ2) is 4.39. The fraction of sp³-hybridized carbons (Fsp3) is 0.909. The van der Waals surface area contributed by atoms with E-state index >= 15 is 0 Å². The lowest BCUT2D eigenvalue weighted by molar-refractivity contribution is 0.0373. The molecule has 0 spiro atoms.